The van der Waals surface area contributed by atoms with Crippen LogP contribution in [0, 0.1) is 5.92 Å². The number of rotatable bonds is 3. The summed E-state index contributed by atoms with van der Waals surface area (Å²) in [6.07, 6.45) is 8.56. The Kier molecular flexibility index (Phi) is 3.79. The summed E-state index contributed by atoms with van der Waals surface area (Å²) in [5, 5.41) is 0. The largest absolute Gasteiger partial charge is 0.477 e. The summed E-state index contributed by atoms with van der Waals surface area (Å²) < 4.78 is 5.86. The van der Waals surface area contributed by atoms with Crippen molar-refractivity contribution in [2.45, 2.75) is 38.1 Å². The van der Waals surface area contributed by atoms with Gasteiger partial charge in [0.1, 0.15) is 0 Å². The number of ether oxygens (including phenoxy) is 1. The molecular weight excluding hydrogens is 224 g/mol. The van der Waals surface area contributed by atoms with Crippen LogP contribution in [0.5, 0.6) is 5.88 Å². The van der Waals surface area contributed by atoms with Crippen LogP contribution in [0.3, 0.4) is 0 Å². The van der Waals surface area contributed by atoms with E-state index in [1.807, 2.05) is 18.2 Å². The number of pyridine rings is 1. The number of aromatic nitrogens is 1. The van der Waals surface area contributed by atoms with Gasteiger partial charge in [0.2, 0.25) is 5.88 Å². The van der Waals surface area contributed by atoms with E-state index in [4.69, 9.17) is 4.74 Å². The molecule has 3 heteroatoms. The highest BCUT2D eigenvalue weighted by molar-refractivity contribution is 5.09. The van der Waals surface area contributed by atoms with E-state index in [1.165, 1.54) is 45.2 Å². The number of hydrogen-bond donors (Lipinski definition) is 0. The van der Waals surface area contributed by atoms with Gasteiger partial charge in [0.25, 0.3) is 0 Å². The average molecular weight is 246 g/mol. The van der Waals surface area contributed by atoms with Gasteiger partial charge in [-0.25, -0.2) is 4.98 Å². The number of fused-ring (bicyclic) bond motifs is 1. The molecule has 0 N–H and O–H groups in total. The fourth-order valence-electron chi connectivity index (χ4n) is 3.40. The Labute approximate surface area is 109 Å². The molecule has 0 aliphatic carbocycles. The van der Waals surface area contributed by atoms with Crippen molar-refractivity contribution in [2.24, 2.45) is 5.92 Å². The van der Waals surface area contributed by atoms with Crippen LogP contribution in [0.25, 0.3) is 0 Å². The minimum Gasteiger partial charge on any atom is -0.477 e. The maximum absolute atomic E-state index is 5.86. The van der Waals surface area contributed by atoms with Crippen LogP contribution in [0.15, 0.2) is 24.4 Å². The SMILES string of the molecule is c1ccc(OC[C@@H]2CCCN3CCCC[C@@H]23)nc1. The van der Waals surface area contributed by atoms with Crippen LogP contribution < -0.4 is 4.74 Å². The highest BCUT2D eigenvalue weighted by Gasteiger charge is 2.33. The minimum atomic E-state index is 0.695. The summed E-state index contributed by atoms with van der Waals surface area (Å²) in [6, 6.07) is 6.62. The molecular formula is C15H22N2O. The molecule has 0 unspecified atom stereocenters. The van der Waals surface area contributed by atoms with Crippen LogP contribution in [-0.2, 0) is 0 Å². The van der Waals surface area contributed by atoms with E-state index in [0.29, 0.717) is 5.92 Å². The zero-order chi connectivity index (χ0) is 12.2. The summed E-state index contributed by atoms with van der Waals surface area (Å²) in [4.78, 5) is 6.91. The van der Waals surface area contributed by atoms with E-state index in [2.05, 4.69) is 9.88 Å². The van der Waals surface area contributed by atoms with E-state index in [-0.39, 0.29) is 0 Å². The lowest BCUT2D eigenvalue weighted by Crippen LogP contribution is -2.49. The minimum absolute atomic E-state index is 0.695. The maximum Gasteiger partial charge on any atom is 0.213 e. The predicted octanol–water partition coefficient (Wildman–Crippen LogP) is 2.72. The van der Waals surface area contributed by atoms with Gasteiger partial charge < -0.3 is 4.74 Å². The van der Waals surface area contributed by atoms with E-state index in [1.54, 1.807) is 6.20 Å². The molecule has 1 aromatic rings. The lowest BCUT2D eigenvalue weighted by atomic mass is 9.84. The quantitative estimate of drug-likeness (QED) is 0.820. The monoisotopic (exact) mass is 246 g/mol. The molecule has 3 nitrogen and oxygen atoms in total. The lowest BCUT2D eigenvalue weighted by molar-refractivity contribution is 0.0357. The van der Waals surface area contributed by atoms with Gasteiger partial charge in [0.15, 0.2) is 0 Å². The molecule has 2 aliphatic rings. The molecule has 0 aromatic carbocycles. The van der Waals surface area contributed by atoms with E-state index < -0.39 is 0 Å². The molecule has 2 atom stereocenters. The Morgan fingerprint density at radius 2 is 2.11 bits per heavy atom. The number of nitrogens with zero attached hydrogens (tertiary/aromatic N) is 2. The highest BCUT2D eigenvalue weighted by atomic mass is 16.5. The van der Waals surface area contributed by atoms with Crippen molar-refractivity contribution in [3.8, 4) is 5.88 Å². The molecule has 0 saturated carbocycles. The highest BCUT2D eigenvalue weighted by Crippen LogP contribution is 2.31. The molecule has 0 bridgehead atoms. The topological polar surface area (TPSA) is 25.4 Å². The Morgan fingerprint density at radius 3 is 3.00 bits per heavy atom. The molecule has 0 amide bonds. The Bertz CT molecular complexity index is 366. The van der Waals surface area contributed by atoms with E-state index >= 15 is 0 Å². The van der Waals surface area contributed by atoms with Crippen molar-refractivity contribution < 1.29 is 4.74 Å². The smallest absolute Gasteiger partial charge is 0.213 e. The van der Waals surface area contributed by atoms with Gasteiger partial charge in [0, 0.05) is 24.2 Å². The first-order valence-corrected chi connectivity index (χ1v) is 7.21. The van der Waals surface area contributed by atoms with Crippen LogP contribution in [-0.4, -0.2) is 35.6 Å². The summed E-state index contributed by atoms with van der Waals surface area (Å²) in [5.74, 6) is 1.46. The van der Waals surface area contributed by atoms with Crippen molar-refractivity contribution in [3.63, 3.8) is 0 Å². The molecule has 0 spiro atoms. The zero-order valence-corrected chi connectivity index (χ0v) is 10.9. The van der Waals surface area contributed by atoms with Crippen LogP contribution in [0.4, 0.5) is 0 Å². The fraction of sp³-hybridized carbons (Fsp3) is 0.667. The number of hydrogen-bond acceptors (Lipinski definition) is 3. The molecule has 2 aliphatic heterocycles. The number of piperidine rings is 2. The van der Waals surface area contributed by atoms with Crippen molar-refractivity contribution in [2.75, 3.05) is 19.7 Å². The van der Waals surface area contributed by atoms with Crippen molar-refractivity contribution >= 4 is 0 Å². The second-order valence-corrected chi connectivity index (χ2v) is 5.48. The van der Waals surface area contributed by atoms with Gasteiger partial charge in [-0.3, -0.25) is 4.90 Å². The van der Waals surface area contributed by atoms with Gasteiger partial charge in [-0.15, -0.1) is 0 Å². The summed E-state index contributed by atoms with van der Waals surface area (Å²) in [7, 11) is 0. The van der Waals surface area contributed by atoms with Gasteiger partial charge in [-0.05, 0) is 44.8 Å². The second kappa shape index (κ2) is 5.70. The first-order valence-electron chi connectivity index (χ1n) is 7.21. The fourth-order valence-corrected chi connectivity index (χ4v) is 3.40. The molecule has 2 saturated heterocycles. The van der Waals surface area contributed by atoms with Crippen molar-refractivity contribution in [1.82, 2.24) is 9.88 Å². The first-order chi connectivity index (χ1) is 8.93. The van der Waals surface area contributed by atoms with Crippen LogP contribution >= 0.6 is 0 Å². The van der Waals surface area contributed by atoms with Gasteiger partial charge in [0.05, 0.1) is 6.61 Å². The summed E-state index contributed by atoms with van der Waals surface area (Å²) in [6.45, 7) is 3.42. The molecule has 3 heterocycles. The molecule has 18 heavy (non-hydrogen) atoms. The predicted molar refractivity (Wildman–Crippen MR) is 71.7 cm³/mol. The third-order valence-corrected chi connectivity index (χ3v) is 4.31. The molecule has 0 radical (unpaired) electrons. The first kappa shape index (κ1) is 12.0. The summed E-state index contributed by atoms with van der Waals surface area (Å²) >= 11 is 0. The molecule has 2 fully saturated rings. The van der Waals surface area contributed by atoms with Crippen LogP contribution in [0.1, 0.15) is 32.1 Å². The lowest BCUT2D eigenvalue weighted by Gasteiger charge is -2.44. The normalized spacial score (nSPS) is 28.7. The van der Waals surface area contributed by atoms with Gasteiger partial charge in [-0.1, -0.05) is 12.5 Å². The van der Waals surface area contributed by atoms with Gasteiger partial charge >= 0.3 is 0 Å². The van der Waals surface area contributed by atoms with Gasteiger partial charge in [-0.2, -0.15) is 0 Å². The Morgan fingerprint density at radius 1 is 1.17 bits per heavy atom. The van der Waals surface area contributed by atoms with Crippen LogP contribution in [0.2, 0.25) is 0 Å². The maximum atomic E-state index is 5.86. The standard InChI is InChI=1S/C15H22N2O/c1-3-9-16-15(8-1)18-12-13-6-5-11-17-10-4-2-7-14(13)17/h1,3,8-9,13-14H,2,4-7,10-12H2/t13-,14-/m0/s1. The average Bonchev–Trinajstić information content (AvgIpc) is 2.46. The van der Waals surface area contributed by atoms with E-state index in [0.717, 1.165) is 18.5 Å². The molecule has 1 aromatic heterocycles. The third kappa shape index (κ3) is 2.66. The van der Waals surface area contributed by atoms with Crippen molar-refractivity contribution in [3.05, 3.63) is 24.4 Å². The zero-order valence-electron chi connectivity index (χ0n) is 10.9. The third-order valence-electron chi connectivity index (χ3n) is 4.31. The Hall–Kier alpha value is -1.09. The molecule has 3 rings (SSSR count). The van der Waals surface area contributed by atoms with Crippen molar-refractivity contribution in [1.29, 1.82) is 0 Å². The molecule has 98 valence electrons. The Balaban J connectivity index is 1.58. The summed E-state index contributed by atoms with van der Waals surface area (Å²) in [5.41, 5.74) is 0. The second-order valence-electron chi connectivity index (χ2n) is 5.48. The van der Waals surface area contributed by atoms with E-state index in [9.17, 15) is 0 Å².